The molecule has 0 aromatic rings. The molecule has 82 valence electrons. The van der Waals surface area contributed by atoms with Crippen LogP contribution in [0.15, 0.2) is 12.2 Å². The summed E-state index contributed by atoms with van der Waals surface area (Å²) in [5.41, 5.74) is 1.22. The van der Waals surface area contributed by atoms with Crippen LogP contribution < -0.4 is 0 Å². The molecule has 2 nitrogen and oxygen atoms in total. The van der Waals surface area contributed by atoms with Gasteiger partial charge in [-0.25, -0.2) is 0 Å². The minimum Gasteiger partial charge on any atom is -0.481 e. The smallest absolute Gasteiger partial charge is 0.303 e. The van der Waals surface area contributed by atoms with E-state index in [0.717, 1.165) is 19.3 Å². The Morgan fingerprint density at radius 1 is 1.29 bits per heavy atom. The quantitative estimate of drug-likeness (QED) is 0.636. The Balaban J connectivity index is 3.58. The molecular weight excluding hydrogens is 176 g/mol. The van der Waals surface area contributed by atoms with E-state index in [4.69, 9.17) is 5.11 Å². The van der Waals surface area contributed by atoms with Crippen molar-refractivity contribution in [1.29, 1.82) is 0 Å². The second-order valence-electron chi connectivity index (χ2n) is 4.36. The highest BCUT2D eigenvalue weighted by atomic mass is 16.4. The second-order valence-corrected chi connectivity index (χ2v) is 4.36. The van der Waals surface area contributed by atoms with Gasteiger partial charge in [0.15, 0.2) is 0 Å². The number of rotatable bonds is 7. The summed E-state index contributed by atoms with van der Waals surface area (Å²) in [6, 6.07) is 0. The predicted molar refractivity (Wildman–Crippen MR) is 59.2 cm³/mol. The molecule has 0 bridgehead atoms. The average molecular weight is 198 g/mol. The van der Waals surface area contributed by atoms with Gasteiger partial charge in [0.05, 0.1) is 0 Å². The third kappa shape index (κ3) is 6.70. The van der Waals surface area contributed by atoms with Gasteiger partial charge in [-0.2, -0.15) is 0 Å². The largest absolute Gasteiger partial charge is 0.481 e. The van der Waals surface area contributed by atoms with Gasteiger partial charge < -0.3 is 5.11 Å². The number of hydrogen-bond acceptors (Lipinski definition) is 1. The molecule has 0 amide bonds. The fourth-order valence-corrected chi connectivity index (χ4v) is 1.30. The SMILES string of the molecule is C=C(C)C(C)CCC(C)CCC(=O)O. The number of aliphatic carboxylic acids is 1. The van der Waals surface area contributed by atoms with Crippen LogP contribution in [0.2, 0.25) is 0 Å². The van der Waals surface area contributed by atoms with Gasteiger partial charge >= 0.3 is 5.97 Å². The number of hydrogen-bond donors (Lipinski definition) is 1. The van der Waals surface area contributed by atoms with Crippen LogP contribution in [0.3, 0.4) is 0 Å². The molecule has 0 fully saturated rings. The summed E-state index contributed by atoms with van der Waals surface area (Å²) in [6.07, 6.45) is 3.30. The van der Waals surface area contributed by atoms with E-state index in [1.54, 1.807) is 0 Å². The molecule has 0 rings (SSSR count). The van der Waals surface area contributed by atoms with E-state index in [2.05, 4.69) is 20.4 Å². The third-order valence-corrected chi connectivity index (χ3v) is 2.78. The first-order valence-electron chi connectivity index (χ1n) is 5.30. The van der Waals surface area contributed by atoms with Crippen molar-refractivity contribution in [2.45, 2.75) is 46.5 Å². The Bertz CT molecular complexity index is 196. The number of allylic oxidation sites excluding steroid dienone is 1. The molecule has 1 N–H and O–H groups in total. The van der Waals surface area contributed by atoms with Gasteiger partial charge in [0.1, 0.15) is 0 Å². The lowest BCUT2D eigenvalue weighted by molar-refractivity contribution is -0.137. The fourth-order valence-electron chi connectivity index (χ4n) is 1.30. The van der Waals surface area contributed by atoms with Crippen molar-refractivity contribution in [2.75, 3.05) is 0 Å². The Morgan fingerprint density at radius 2 is 1.86 bits per heavy atom. The van der Waals surface area contributed by atoms with Gasteiger partial charge in [0.2, 0.25) is 0 Å². The summed E-state index contributed by atoms with van der Waals surface area (Å²) in [7, 11) is 0. The standard InChI is InChI=1S/C12H22O2/c1-9(2)11(4)7-5-10(3)6-8-12(13)14/h10-11H,1,5-8H2,2-4H3,(H,13,14). The molecule has 0 spiro atoms. The molecule has 0 aliphatic carbocycles. The summed E-state index contributed by atoms with van der Waals surface area (Å²) in [5.74, 6) is 0.375. The van der Waals surface area contributed by atoms with Crippen LogP contribution in [-0.2, 0) is 4.79 Å². The molecule has 0 aliphatic heterocycles. The van der Waals surface area contributed by atoms with E-state index in [1.807, 2.05) is 6.92 Å². The van der Waals surface area contributed by atoms with Crippen LogP contribution in [0.25, 0.3) is 0 Å². The molecular formula is C12H22O2. The zero-order valence-electron chi connectivity index (χ0n) is 9.55. The summed E-state index contributed by atoms with van der Waals surface area (Å²) in [6.45, 7) is 10.3. The predicted octanol–water partition coefficient (Wildman–Crippen LogP) is 3.48. The molecule has 2 heteroatoms. The Morgan fingerprint density at radius 3 is 2.29 bits per heavy atom. The first-order valence-corrected chi connectivity index (χ1v) is 5.30. The Hall–Kier alpha value is -0.790. The van der Waals surface area contributed by atoms with Gasteiger partial charge in [0.25, 0.3) is 0 Å². The van der Waals surface area contributed by atoms with Crippen molar-refractivity contribution < 1.29 is 9.90 Å². The van der Waals surface area contributed by atoms with Gasteiger partial charge in [-0.15, -0.1) is 0 Å². The van der Waals surface area contributed by atoms with E-state index in [0.29, 0.717) is 18.3 Å². The fraction of sp³-hybridized carbons (Fsp3) is 0.750. The van der Waals surface area contributed by atoms with Crippen molar-refractivity contribution in [3.8, 4) is 0 Å². The maximum Gasteiger partial charge on any atom is 0.303 e. The van der Waals surface area contributed by atoms with Crippen LogP contribution in [0, 0.1) is 11.8 Å². The molecule has 0 heterocycles. The van der Waals surface area contributed by atoms with Crippen molar-refractivity contribution in [2.24, 2.45) is 11.8 Å². The van der Waals surface area contributed by atoms with Gasteiger partial charge in [-0.05, 0) is 31.6 Å². The molecule has 2 unspecified atom stereocenters. The van der Waals surface area contributed by atoms with Crippen molar-refractivity contribution >= 4 is 5.97 Å². The zero-order valence-corrected chi connectivity index (χ0v) is 9.55. The maximum absolute atomic E-state index is 10.3. The molecule has 0 aromatic carbocycles. The monoisotopic (exact) mass is 198 g/mol. The lowest BCUT2D eigenvalue weighted by atomic mass is 9.92. The van der Waals surface area contributed by atoms with Gasteiger partial charge in [-0.1, -0.05) is 32.4 Å². The summed E-state index contributed by atoms with van der Waals surface area (Å²) in [4.78, 5) is 10.3. The third-order valence-electron chi connectivity index (χ3n) is 2.78. The highest BCUT2D eigenvalue weighted by Gasteiger charge is 2.08. The highest BCUT2D eigenvalue weighted by molar-refractivity contribution is 5.66. The van der Waals surface area contributed by atoms with Crippen LogP contribution in [0.4, 0.5) is 0 Å². The van der Waals surface area contributed by atoms with Crippen molar-refractivity contribution in [3.05, 3.63) is 12.2 Å². The summed E-state index contributed by atoms with van der Waals surface area (Å²) in [5, 5.41) is 8.51. The van der Waals surface area contributed by atoms with Crippen molar-refractivity contribution in [3.63, 3.8) is 0 Å². The normalized spacial score (nSPS) is 14.8. The van der Waals surface area contributed by atoms with Crippen molar-refractivity contribution in [1.82, 2.24) is 0 Å². The van der Waals surface area contributed by atoms with Gasteiger partial charge in [0, 0.05) is 6.42 Å². The van der Waals surface area contributed by atoms with E-state index in [-0.39, 0.29) is 0 Å². The van der Waals surface area contributed by atoms with E-state index < -0.39 is 5.97 Å². The van der Waals surface area contributed by atoms with Crippen LogP contribution in [0.5, 0.6) is 0 Å². The highest BCUT2D eigenvalue weighted by Crippen LogP contribution is 2.20. The Labute approximate surface area is 87.0 Å². The van der Waals surface area contributed by atoms with E-state index in [1.165, 1.54) is 5.57 Å². The minimum atomic E-state index is -0.690. The lowest BCUT2D eigenvalue weighted by Gasteiger charge is -2.14. The topological polar surface area (TPSA) is 37.3 Å². The van der Waals surface area contributed by atoms with Crippen LogP contribution >= 0.6 is 0 Å². The number of carboxylic acid groups (broad SMARTS) is 1. The second kappa shape index (κ2) is 6.63. The molecule has 2 atom stereocenters. The first-order chi connectivity index (χ1) is 6.43. The van der Waals surface area contributed by atoms with Crippen LogP contribution in [0.1, 0.15) is 46.5 Å². The molecule has 0 saturated heterocycles. The van der Waals surface area contributed by atoms with E-state index in [9.17, 15) is 4.79 Å². The number of carboxylic acids is 1. The van der Waals surface area contributed by atoms with Gasteiger partial charge in [-0.3, -0.25) is 4.79 Å². The molecule has 0 aromatic heterocycles. The Kier molecular flexibility index (Phi) is 6.26. The minimum absolute atomic E-state index is 0.294. The first kappa shape index (κ1) is 13.2. The van der Waals surface area contributed by atoms with Crippen LogP contribution in [-0.4, -0.2) is 11.1 Å². The maximum atomic E-state index is 10.3. The molecule has 0 radical (unpaired) electrons. The molecule has 0 saturated carbocycles. The lowest BCUT2D eigenvalue weighted by Crippen LogP contribution is -2.04. The summed E-state index contributed by atoms with van der Waals surface area (Å²) < 4.78 is 0. The molecule has 0 aliphatic rings. The van der Waals surface area contributed by atoms with E-state index >= 15 is 0 Å². The average Bonchev–Trinajstić information content (AvgIpc) is 2.10. The molecule has 14 heavy (non-hydrogen) atoms. The zero-order chi connectivity index (χ0) is 11.1. The summed E-state index contributed by atoms with van der Waals surface area (Å²) >= 11 is 0. The number of carbonyl (C=O) groups is 1.